The highest BCUT2D eigenvalue weighted by Gasteiger charge is 2.16. The van der Waals surface area contributed by atoms with Crippen molar-refractivity contribution in [1.29, 1.82) is 0 Å². The third-order valence-corrected chi connectivity index (χ3v) is 4.68. The Morgan fingerprint density at radius 1 is 1.10 bits per heavy atom. The Balaban J connectivity index is 1.37. The van der Waals surface area contributed by atoms with Gasteiger partial charge in [0.05, 0.1) is 24.4 Å². The van der Waals surface area contributed by atoms with E-state index in [1.165, 1.54) is 0 Å². The van der Waals surface area contributed by atoms with Gasteiger partial charge in [0.15, 0.2) is 6.61 Å². The fourth-order valence-corrected chi connectivity index (χ4v) is 3.26. The first-order valence-corrected chi connectivity index (χ1v) is 9.87. The van der Waals surface area contributed by atoms with E-state index in [9.17, 15) is 4.79 Å². The molecule has 0 saturated carbocycles. The fraction of sp³-hybridized carbons (Fsp3) is 0.391. The number of nitrogens with zero attached hydrogens (tertiary/aromatic N) is 1. The highest BCUT2D eigenvalue weighted by Crippen LogP contribution is 2.26. The molecule has 1 aliphatic rings. The van der Waals surface area contributed by atoms with Crippen molar-refractivity contribution in [3.05, 3.63) is 65.1 Å². The summed E-state index contributed by atoms with van der Waals surface area (Å²) in [5.74, 6) is -0.313. The average molecular weight is 397 g/mol. The molecular weight excluding hydrogens is 370 g/mol. The van der Waals surface area contributed by atoms with Crippen molar-refractivity contribution >= 4 is 16.9 Å². The standard InChI is InChI=1S/C23H27NO5/c1-17-6-4-8-19(23(17)29-16-22(25)26)14-27-12-5-13-28-15-20-11-10-18-7-2-3-9-21(18)24-20/h2-3,6-7,9-11H,4-5,8,12-16H2,1H3,(H,25,26). The predicted molar refractivity (Wildman–Crippen MR) is 110 cm³/mol. The number of pyridine rings is 1. The number of rotatable bonds is 11. The second-order valence-corrected chi connectivity index (χ2v) is 6.99. The molecular formula is C23H27NO5. The third-order valence-electron chi connectivity index (χ3n) is 4.68. The second kappa shape index (κ2) is 10.7. The topological polar surface area (TPSA) is 77.9 Å². The number of carboxylic acids is 1. The van der Waals surface area contributed by atoms with E-state index in [-0.39, 0.29) is 6.61 Å². The minimum atomic E-state index is -0.978. The van der Waals surface area contributed by atoms with E-state index in [2.05, 4.69) is 17.1 Å². The summed E-state index contributed by atoms with van der Waals surface area (Å²) in [6.45, 7) is 3.70. The Bertz CT molecular complexity index is 903. The average Bonchev–Trinajstić information content (AvgIpc) is 2.72. The van der Waals surface area contributed by atoms with Crippen LogP contribution in [0.15, 0.2) is 59.4 Å². The number of fused-ring (bicyclic) bond motifs is 1. The van der Waals surface area contributed by atoms with Crippen molar-refractivity contribution in [1.82, 2.24) is 4.98 Å². The summed E-state index contributed by atoms with van der Waals surface area (Å²) in [7, 11) is 0. The lowest BCUT2D eigenvalue weighted by Crippen LogP contribution is -2.13. The van der Waals surface area contributed by atoms with Gasteiger partial charge in [0.2, 0.25) is 0 Å². The predicted octanol–water partition coefficient (Wildman–Crippen LogP) is 4.25. The molecule has 0 radical (unpaired) electrons. The number of aliphatic carboxylic acids is 1. The van der Waals surface area contributed by atoms with Crippen LogP contribution in [0.4, 0.5) is 0 Å². The normalized spacial score (nSPS) is 14.2. The van der Waals surface area contributed by atoms with E-state index < -0.39 is 5.97 Å². The van der Waals surface area contributed by atoms with Crippen molar-refractivity contribution in [2.75, 3.05) is 26.4 Å². The monoisotopic (exact) mass is 397 g/mol. The van der Waals surface area contributed by atoms with Crippen LogP contribution in [-0.2, 0) is 25.6 Å². The van der Waals surface area contributed by atoms with E-state index in [4.69, 9.17) is 19.3 Å². The maximum absolute atomic E-state index is 10.8. The molecule has 0 bridgehead atoms. The minimum absolute atomic E-state index is 0.333. The molecule has 1 aromatic carbocycles. The van der Waals surface area contributed by atoms with E-state index in [0.29, 0.717) is 32.2 Å². The lowest BCUT2D eigenvalue weighted by atomic mass is 9.99. The number of allylic oxidation sites excluding steroid dienone is 2. The molecule has 2 aromatic rings. The Morgan fingerprint density at radius 2 is 1.90 bits per heavy atom. The Hall–Kier alpha value is -2.70. The zero-order chi connectivity index (χ0) is 20.5. The van der Waals surface area contributed by atoms with E-state index in [1.54, 1.807) is 0 Å². The number of hydrogen-bond acceptors (Lipinski definition) is 5. The molecule has 0 unspecified atom stereocenters. The zero-order valence-corrected chi connectivity index (χ0v) is 16.7. The van der Waals surface area contributed by atoms with Gasteiger partial charge in [-0.2, -0.15) is 0 Å². The molecule has 0 amide bonds. The molecule has 0 atom stereocenters. The van der Waals surface area contributed by atoms with Gasteiger partial charge in [-0.25, -0.2) is 4.79 Å². The van der Waals surface area contributed by atoms with Gasteiger partial charge in [0.25, 0.3) is 0 Å². The van der Waals surface area contributed by atoms with Crippen LogP contribution in [0.5, 0.6) is 0 Å². The Morgan fingerprint density at radius 3 is 2.72 bits per heavy atom. The summed E-state index contributed by atoms with van der Waals surface area (Å²) in [4.78, 5) is 15.4. The molecule has 0 aliphatic heterocycles. The summed E-state index contributed by atoms with van der Waals surface area (Å²) in [6, 6.07) is 12.1. The molecule has 3 rings (SSSR count). The largest absolute Gasteiger partial charge is 0.482 e. The highest BCUT2D eigenvalue weighted by molar-refractivity contribution is 5.78. The fourth-order valence-electron chi connectivity index (χ4n) is 3.26. The molecule has 1 aromatic heterocycles. The maximum Gasteiger partial charge on any atom is 0.341 e. The van der Waals surface area contributed by atoms with Gasteiger partial charge in [-0.1, -0.05) is 30.3 Å². The van der Waals surface area contributed by atoms with Crippen LogP contribution >= 0.6 is 0 Å². The SMILES string of the molecule is CC1=CCCC(COCCCOCc2ccc3ccccc3n2)=C1OCC(=O)O. The number of benzene rings is 1. The van der Waals surface area contributed by atoms with Gasteiger partial charge >= 0.3 is 5.97 Å². The summed E-state index contributed by atoms with van der Waals surface area (Å²) in [5, 5.41) is 9.95. The van der Waals surface area contributed by atoms with Crippen molar-refractivity contribution in [2.24, 2.45) is 0 Å². The quantitative estimate of drug-likeness (QED) is 0.571. The summed E-state index contributed by atoms with van der Waals surface area (Å²) in [6.07, 6.45) is 4.60. The molecule has 6 nitrogen and oxygen atoms in total. The van der Waals surface area contributed by atoms with Gasteiger partial charge < -0.3 is 19.3 Å². The van der Waals surface area contributed by atoms with Crippen LogP contribution in [0.1, 0.15) is 31.9 Å². The molecule has 154 valence electrons. The van der Waals surface area contributed by atoms with E-state index in [0.717, 1.165) is 47.0 Å². The summed E-state index contributed by atoms with van der Waals surface area (Å²) in [5.41, 5.74) is 3.89. The van der Waals surface area contributed by atoms with Crippen LogP contribution in [0, 0.1) is 0 Å². The number of carbonyl (C=O) groups is 1. The number of aromatic nitrogens is 1. The first kappa shape index (κ1) is 21.0. The highest BCUT2D eigenvalue weighted by atomic mass is 16.5. The van der Waals surface area contributed by atoms with Crippen molar-refractivity contribution in [2.45, 2.75) is 32.8 Å². The van der Waals surface area contributed by atoms with Crippen LogP contribution < -0.4 is 0 Å². The molecule has 1 aliphatic carbocycles. The Labute approximate surface area is 170 Å². The molecule has 29 heavy (non-hydrogen) atoms. The molecule has 1 N–H and O–H groups in total. The van der Waals surface area contributed by atoms with Gasteiger partial charge in [0.1, 0.15) is 5.76 Å². The maximum atomic E-state index is 10.8. The smallest absolute Gasteiger partial charge is 0.341 e. The molecule has 1 heterocycles. The number of carboxylic acid groups (broad SMARTS) is 1. The van der Waals surface area contributed by atoms with Crippen LogP contribution in [-0.4, -0.2) is 42.5 Å². The summed E-state index contributed by atoms with van der Waals surface area (Å²) < 4.78 is 16.9. The van der Waals surface area contributed by atoms with Crippen LogP contribution in [0.2, 0.25) is 0 Å². The lowest BCUT2D eigenvalue weighted by molar-refractivity contribution is -0.140. The van der Waals surface area contributed by atoms with Gasteiger partial charge in [0, 0.05) is 18.6 Å². The molecule has 0 saturated heterocycles. The van der Waals surface area contributed by atoms with Crippen LogP contribution in [0.25, 0.3) is 10.9 Å². The van der Waals surface area contributed by atoms with Crippen molar-refractivity contribution in [3.8, 4) is 0 Å². The van der Waals surface area contributed by atoms with Crippen molar-refractivity contribution < 1.29 is 24.1 Å². The summed E-state index contributed by atoms with van der Waals surface area (Å²) >= 11 is 0. The number of ether oxygens (including phenoxy) is 3. The third kappa shape index (κ3) is 6.41. The minimum Gasteiger partial charge on any atom is -0.482 e. The molecule has 0 spiro atoms. The van der Waals surface area contributed by atoms with Gasteiger partial charge in [-0.15, -0.1) is 0 Å². The molecule has 6 heteroatoms. The first-order chi connectivity index (χ1) is 14.1. The number of hydrogen-bond donors (Lipinski definition) is 1. The number of para-hydroxylation sites is 1. The van der Waals surface area contributed by atoms with Gasteiger partial charge in [-0.3, -0.25) is 4.98 Å². The zero-order valence-electron chi connectivity index (χ0n) is 16.7. The van der Waals surface area contributed by atoms with Crippen molar-refractivity contribution in [3.63, 3.8) is 0 Å². The van der Waals surface area contributed by atoms with E-state index in [1.807, 2.05) is 37.3 Å². The lowest BCUT2D eigenvalue weighted by Gasteiger charge is -2.20. The van der Waals surface area contributed by atoms with Crippen LogP contribution in [0.3, 0.4) is 0 Å². The molecule has 0 fully saturated rings. The first-order valence-electron chi connectivity index (χ1n) is 9.87. The second-order valence-electron chi connectivity index (χ2n) is 6.99. The van der Waals surface area contributed by atoms with E-state index >= 15 is 0 Å². The van der Waals surface area contributed by atoms with Gasteiger partial charge in [-0.05, 0) is 49.5 Å². The Kier molecular flexibility index (Phi) is 7.78.